The standard InChI is InChI=1S/C7H14N2O2/c1-8-3-6(4-8)9(2)5-7(10)11/h6H,3-5H2,1-2H3,(H,10,11). The first-order valence-corrected chi connectivity index (χ1v) is 3.70. The summed E-state index contributed by atoms with van der Waals surface area (Å²) in [6.07, 6.45) is 0. The first-order valence-electron chi connectivity index (χ1n) is 3.70. The van der Waals surface area contributed by atoms with E-state index in [1.165, 1.54) is 0 Å². The minimum absolute atomic E-state index is 0.151. The molecular weight excluding hydrogens is 144 g/mol. The van der Waals surface area contributed by atoms with Crippen LogP contribution >= 0.6 is 0 Å². The second-order valence-electron chi connectivity index (χ2n) is 3.18. The van der Waals surface area contributed by atoms with E-state index in [-0.39, 0.29) is 6.54 Å². The zero-order chi connectivity index (χ0) is 8.43. The van der Waals surface area contributed by atoms with E-state index in [2.05, 4.69) is 4.90 Å². The van der Waals surface area contributed by atoms with Crippen LogP contribution in [0.4, 0.5) is 0 Å². The fourth-order valence-electron chi connectivity index (χ4n) is 1.29. The third-order valence-electron chi connectivity index (χ3n) is 2.05. The number of carbonyl (C=O) groups is 1. The van der Waals surface area contributed by atoms with Crippen molar-refractivity contribution in [2.75, 3.05) is 33.7 Å². The normalized spacial score (nSPS) is 20.3. The van der Waals surface area contributed by atoms with Crippen LogP contribution in [0.25, 0.3) is 0 Å². The molecule has 0 aromatic heterocycles. The Morgan fingerprint density at radius 3 is 2.64 bits per heavy atom. The molecule has 1 N–H and O–H groups in total. The molecule has 0 aromatic carbocycles. The molecule has 4 nitrogen and oxygen atoms in total. The topological polar surface area (TPSA) is 43.8 Å². The fourth-order valence-corrected chi connectivity index (χ4v) is 1.29. The highest BCUT2D eigenvalue weighted by Crippen LogP contribution is 2.09. The van der Waals surface area contributed by atoms with Crippen molar-refractivity contribution in [3.63, 3.8) is 0 Å². The Bertz CT molecular complexity index is 155. The third-order valence-corrected chi connectivity index (χ3v) is 2.05. The van der Waals surface area contributed by atoms with Crippen LogP contribution in [0.15, 0.2) is 0 Å². The summed E-state index contributed by atoms with van der Waals surface area (Å²) >= 11 is 0. The molecule has 0 radical (unpaired) electrons. The van der Waals surface area contributed by atoms with Gasteiger partial charge in [-0.25, -0.2) is 0 Å². The van der Waals surface area contributed by atoms with Crippen molar-refractivity contribution in [1.82, 2.24) is 9.80 Å². The lowest BCUT2D eigenvalue weighted by atomic mass is 10.1. The second kappa shape index (κ2) is 3.19. The van der Waals surface area contributed by atoms with Gasteiger partial charge in [0.2, 0.25) is 0 Å². The Morgan fingerprint density at radius 2 is 2.27 bits per heavy atom. The van der Waals surface area contributed by atoms with E-state index in [0.717, 1.165) is 13.1 Å². The van der Waals surface area contributed by atoms with Gasteiger partial charge in [0.25, 0.3) is 0 Å². The van der Waals surface area contributed by atoms with Crippen LogP contribution in [-0.4, -0.2) is 60.6 Å². The lowest BCUT2D eigenvalue weighted by Gasteiger charge is -2.41. The maximum atomic E-state index is 10.3. The molecule has 1 saturated heterocycles. The van der Waals surface area contributed by atoms with E-state index < -0.39 is 5.97 Å². The van der Waals surface area contributed by atoms with E-state index in [0.29, 0.717) is 6.04 Å². The van der Waals surface area contributed by atoms with Gasteiger partial charge in [0.1, 0.15) is 0 Å². The molecular formula is C7H14N2O2. The molecule has 1 fully saturated rings. The van der Waals surface area contributed by atoms with Crippen LogP contribution in [0.3, 0.4) is 0 Å². The van der Waals surface area contributed by atoms with Crippen molar-refractivity contribution >= 4 is 5.97 Å². The van der Waals surface area contributed by atoms with Gasteiger partial charge < -0.3 is 10.0 Å². The summed E-state index contributed by atoms with van der Waals surface area (Å²) < 4.78 is 0. The number of likely N-dealkylation sites (tertiary alicyclic amines) is 1. The summed E-state index contributed by atoms with van der Waals surface area (Å²) in [5.41, 5.74) is 0. The third kappa shape index (κ3) is 2.17. The summed E-state index contributed by atoms with van der Waals surface area (Å²) in [7, 11) is 3.89. The molecule has 1 heterocycles. The van der Waals surface area contributed by atoms with Crippen molar-refractivity contribution in [2.45, 2.75) is 6.04 Å². The molecule has 0 saturated carbocycles. The Labute approximate surface area is 66.4 Å². The van der Waals surface area contributed by atoms with Crippen LogP contribution in [-0.2, 0) is 4.79 Å². The monoisotopic (exact) mass is 158 g/mol. The number of carboxylic acids is 1. The Hall–Kier alpha value is -0.610. The minimum atomic E-state index is -0.748. The molecule has 11 heavy (non-hydrogen) atoms. The van der Waals surface area contributed by atoms with Crippen LogP contribution in [0.2, 0.25) is 0 Å². The Kier molecular flexibility index (Phi) is 2.46. The van der Waals surface area contributed by atoms with Gasteiger partial charge in [0, 0.05) is 19.1 Å². The summed E-state index contributed by atoms with van der Waals surface area (Å²) in [6, 6.07) is 0.441. The average molecular weight is 158 g/mol. The lowest BCUT2D eigenvalue weighted by molar-refractivity contribution is -0.139. The number of likely N-dealkylation sites (N-methyl/N-ethyl adjacent to an activating group) is 2. The van der Waals surface area contributed by atoms with Gasteiger partial charge in [0.05, 0.1) is 6.54 Å². The number of carboxylic acid groups (broad SMARTS) is 1. The number of hydrogen-bond acceptors (Lipinski definition) is 3. The van der Waals surface area contributed by atoms with Crippen LogP contribution in [0, 0.1) is 0 Å². The minimum Gasteiger partial charge on any atom is -0.480 e. The van der Waals surface area contributed by atoms with Crippen molar-refractivity contribution in [3.8, 4) is 0 Å². The highest BCUT2D eigenvalue weighted by atomic mass is 16.4. The number of rotatable bonds is 3. The molecule has 1 aliphatic heterocycles. The van der Waals surface area contributed by atoms with Crippen molar-refractivity contribution in [2.24, 2.45) is 0 Å². The number of nitrogens with zero attached hydrogens (tertiary/aromatic N) is 2. The van der Waals surface area contributed by atoms with E-state index in [1.807, 2.05) is 19.0 Å². The molecule has 1 aliphatic rings. The maximum absolute atomic E-state index is 10.3. The molecule has 0 bridgehead atoms. The van der Waals surface area contributed by atoms with Crippen molar-refractivity contribution < 1.29 is 9.90 Å². The number of aliphatic carboxylic acids is 1. The quantitative estimate of drug-likeness (QED) is 0.591. The molecule has 0 aliphatic carbocycles. The van der Waals surface area contributed by atoms with Gasteiger partial charge in [0.15, 0.2) is 0 Å². The second-order valence-corrected chi connectivity index (χ2v) is 3.18. The van der Waals surface area contributed by atoms with Crippen LogP contribution in [0.5, 0.6) is 0 Å². The maximum Gasteiger partial charge on any atom is 0.317 e. The molecule has 4 heteroatoms. The Morgan fingerprint density at radius 1 is 1.73 bits per heavy atom. The van der Waals surface area contributed by atoms with Gasteiger partial charge in [-0.05, 0) is 14.1 Å². The van der Waals surface area contributed by atoms with Gasteiger partial charge in [-0.1, -0.05) is 0 Å². The first kappa shape index (κ1) is 8.49. The molecule has 64 valence electrons. The van der Waals surface area contributed by atoms with Crippen molar-refractivity contribution in [1.29, 1.82) is 0 Å². The van der Waals surface area contributed by atoms with E-state index >= 15 is 0 Å². The van der Waals surface area contributed by atoms with E-state index in [9.17, 15) is 4.79 Å². The highest BCUT2D eigenvalue weighted by molar-refractivity contribution is 5.69. The van der Waals surface area contributed by atoms with Gasteiger partial charge in [-0.2, -0.15) is 0 Å². The molecule has 0 spiro atoms. The first-order chi connectivity index (χ1) is 5.09. The summed E-state index contributed by atoms with van der Waals surface area (Å²) in [5, 5.41) is 8.46. The van der Waals surface area contributed by atoms with E-state index in [4.69, 9.17) is 5.11 Å². The SMILES string of the molecule is CN1CC(N(C)CC(=O)O)C1. The van der Waals surface area contributed by atoms with Crippen LogP contribution < -0.4 is 0 Å². The molecule has 0 aromatic rings. The largest absolute Gasteiger partial charge is 0.480 e. The van der Waals surface area contributed by atoms with Crippen molar-refractivity contribution in [3.05, 3.63) is 0 Å². The molecule has 0 amide bonds. The average Bonchev–Trinajstić information content (AvgIpc) is 1.79. The zero-order valence-corrected chi connectivity index (χ0v) is 6.95. The summed E-state index contributed by atoms with van der Waals surface area (Å²) in [5.74, 6) is -0.748. The van der Waals surface area contributed by atoms with Gasteiger partial charge in [-0.15, -0.1) is 0 Å². The zero-order valence-electron chi connectivity index (χ0n) is 6.95. The van der Waals surface area contributed by atoms with Gasteiger partial charge in [-0.3, -0.25) is 9.69 Å². The summed E-state index contributed by atoms with van der Waals surface area (Å²) in [4.78, 5) is 14.3. The lowest BCUT2D eigenvalue weighted by Crippen LogP contribution is -2.57. The Balaban J connectivity index is 2.21. The molecule has 0 atom stereocenters. The number of hydrogen-bond donors (Lipinski definition) is 1. The van der Waals surface area contributed by atoms with E-state index in [1.54, 1.807) is 0 Å². The highest BCUT2D eigenvalue weighted by Gasteiger charge is 2.27. The predicted molar refractivity (Wildman–Crippen MR) is 41.6 cm³/mol. The predicted octanol–water partition coefficient (Wildman–Crippen LogP) is -0.683. The molecule has 1 rings (SSSR count). The summed E-state index contributed by atoms with van der Waals surface area (Å²) in [6.45, 7) is 2.13. The smallest absolute Gasteiger partial charge is 0.317 e. The van der Waals surface area contributed by atoms with Crippen LogP contribution in [0.1, 0.15) is 0 Å². The molecule has 0 unspecified atom stereocenters. The fraction of sp³-hybridized carbons (Fsp3) is 0.857. The van der Waals surface area contributed by atoms with Gasteiger partial charge >= 0.3 is 5.97 Å².